The molecule has 0 unspecified atom stereocenters. The lowest BCUT2D eigenvalue weighted by Crippen LogP contribution is -1.91. The van der Waals surface area contributed by atoms with Gasteiger partial charge < -0.3 is 14.9 Å². The van der Waals surface area contributed by atoms with Crippen molar-refractivity contribution in [3.05, 3.63) is 24.3 Å². The van der Waals surface area contributed by atoms with Crippen LogP contribution in [0.3, 0.4) is 0 Å². The SMILES string of the molecule is CCC(=O)O.CCC(=O)O.c1cc2cc(c1)O2. The van der Waals surface area contributed by atoms with E-state index in [-0.39, 0.29) is 12.8 Å². The monoisotopic (exact) mass is 240 g/mol. The topological polar surface area (TPSA) is 83.8 Å². The lowest BCUT2D eigenvalue weighted by molar-refractivity contribution is -0.137. The number of hydrogen-bond donors (Lipinski definition) is 2. The first-order valence-electron chi connectivity index (χ1n) is 5.21. The highest BCUT2D eigenvalue weighted by atomic mass is 16.5. The van der Waals surface area contributed by atoms with Crippen LogP contribution in [0.15, 0.2) is 24.3 Å². The number of carboxylic acids is 2. The molecule has 1 aromatic carbocycles. The van der Waals surface area contributed by atoms with Gasteiger partial charge in [0.05, 0.1) is 0 Å². The molecule has 0 aliphatic carbocycles. The summed E-state index contributed by atoms with van der Waals surface area (Å²) in [6, 6.07) is 7.86. The first-order valence-corrected chi connectivity index (χ1v) is 5.21. The Bertz CT molecular complexity index is 334. The minimum atomic E-state index is -0.745. The van der Waals surface area contributed by atoms with E-state index in [4.69, 9.17) is 14.9 Å². The quantitative estimate of drug-likeness (QED) is 0.843. The number of aliphatic carboxylic acids is 2. The number of fused-ring (bicyclic) bond motifs is 2. The van der Waals surface area contributed by atoms with E-state index in [0.29, 0.717) is 0 Å². The maximum atomic E-state index is 9.37. The van der Waals surface area contributed by atoms with Gasteiger partial charge in [-0.3, -0.25) is 9.59 Å². The maximum Gasteiger partial charge on any atom is 0.303 e. The summed E-state index contributed by atoms with van der Waals surface area (Å²) >= 11 is 0. The zero-order chi connectivity index (χ0) is 13.3. The van der Waals surface area contributed by atoms with Crippen LogP contribution in [-0.2, 0) is 9.59 Å². The lowest BCUT2D eigenvalue weighted by atomic mass is 10.2. The van der Waals surface area contributed by atoms with Gasteiger partial charge in [0.25, 0.3) is 0 Å². The number of carbonyl (C=O) groups is 2. The molecule has 17 heavy (non-hydrogen) atoms. The molecule has 94 valence electrons. The summed E-state index contributed by atoms with van der Waals surface area (Å²) in [7, 11) is 0. The van der Waals surface area contributed by atoms with Crippen LogP contribution in [0, 0.1) is 0 Å². The summed E-state index contributed by atoms with van der Waals surface area (Å²) in [5.74, 6) is 0.477. The van der Waals surface area contributed by atoms with Gasteiger partial charge in [0.15, 0.2) is 0 Å². The van der Waals surface area contributed by atoms with Gasteiger partial charge in [-0.25, -0.2) is 0 Å². The number of benzene rings is 1. The van der Waals surface area contributed by atoms with Crippen molar-refractivity contribution in [3.63, 3.8) is 0 Å². The molecule has 0 spiro atoms. The van der Waals surface area contributed by atoms with Crippen molar-refractivity contribution in [2.75, 3.05) is 0 Å². The molecule has 2 heterocycles. The third-order valence-electron chi connectivity index (χ3n) is 1.65. The maximum absolute atomic E-state index is 9.37. The van der Waals surface area contributed by atoms with Crippen molar-refractivity contribution in [1.82, 2.24) is 0 Å². The van der Waals surface area contributed by atoms with E-state index in [9.17, 15) is 9.59 Å². The molecule has 0 amide bonds. The first-order chi connectivity index (χ1) is 7.99. The van der Waals surface area contributed by atoms with Crippen molar-refractivity contribution in [2.45, 2.75) is 26.7 Å². The third kappa shape index (κ3) is 7.84. The average molecular weight is 240 g/mol. The Morgan fingerprint density at radius 1 is 1.06 bits per heavy atom. The number of rotatable bonds is 2. The fraction of sp³-hybridized carbons (Fsp3) is 0.333. The predicted octanol–water partition coefficient (Wildman–Crippen LogP) is 2.75. The molecule has 0 saturated heterocycles. The number of hydrogen-bond acceptors (Lipinski definition) is 3. The normalized spacial score (nSPS) is 9.29. The summed E-state index contributed by atoms with van der Waals surface area (Å²) in [5, 5.41) is 15.4. The van der Waals surface area contributed by atoms with E-state index >= 15 is 0 Å². The van der Waals surface area contributed by atoms with E-state index in [1.165, 1.54) is 0 Å². The average Bonchev–Trinajstić information content (AvgIpc) is 2.30. The number of ether oxygens (including phenoxy) is 1. The second-order valence-corrected chi connectivity index (χ2v) is 3.07. The molecular formula is C12H16O5. The van der Waals surface area contributed by atoms with Crippen molar-refractivity contribution < 1.29 is 24.5 Å². The molecule has 0 radical (unpaired) electrons. The van der Waals surface area contributed by atoms with Crippen LogP contribution >= 0.6 is 0 Å². The summed E-state index contributed by atoms with van der Waals surface area (Å²) in [6.07, 6.45) is 0.444. The minimum Gasteiger partial charge on any atom is -0.481 e. The molecule has 0 aromatic heterocycles. The smallest absolute Gasteiger partial charge is 0.303 e. The van der Waals surface area contributed by atoms with E-state index in [1.54, 1.807) is 13.8 Å². The highest BCUT2D eigenvalue weighted by Gasteiger charge is 2.05. The van der Waals surface area contributed by atoms with Gasteiger partial charge in [-0.1, -0.05) is 19.9 Å². The Balaban J connectivity index is 0.000000235. The zero-order valence-corrected chi connectivity index (χ0v) is 9.84. The van der Waals surface area contributed by atoms with E-state index in [1.807, 2.05) is 24.3 Å². The summed E-state index contributed by atoms with van der Waals surface area (Å²) in [4.78, 5) is 18.7. The minimum absolute atomic E-state index is 0.222. The van der Waals surface area contributed by atoms with Gasteiger partial charge in [0.2, 0.25) is 0 Å². The molecule has 2 N–H and O–H groups in total. The molecule has 1 aromatic rings. The van der Waals surface area contributed by atoms with Crippen LogP contribution in [0.5, 0.6) is 11.5 Å². The van der Waals surface area contributed by atoms with Crippen molar-refractivity contribution >= 4 is 11.9 Å². The molecule has 0 saturated carbocycles. The van der Waals surface area contributed by atoms with Crippen LogP contribution in [0.1, 0.15) is 26.7 Å². The fourth-order valence-corrected chi connectivity index (χ4v) is 0.679. The molecule has 2 bridgehead atoms. The Hall–Kier alpha value is -2.04. The second-order valence-electron chi connectivity index (χ2n) is 3.07. The Morgan fingerprint density at radius 3 is 1.41 bits per heavy atom. The van der Waals surface area contributed by atoms with Crippen LogP contribution in [0.2, 0.25) is 0 Å². The van der Waals surface area contributed by atoms with Gasteiger partial charge in [-0.05, 0) is 12.1 Å². The third-order valence-corrected chi connectivity index (χ3v) is 1.65. The summed E-state index contributed by atoms with van der Waals surface area (Å²) in [5.41, 5.74) is 0. The first kappa shape index (κ1) is 15.0. The van der Waals surface area contributed by atoms with Crippen LogP contribution in [-0.4, -0.2) is 22.2 Å². The second kappa shape index (κ2) is 8.15. The van der Waals surface area contributed by atoms with Crippen molar-refractivity contribution in [1.29, 1.82) is 0 Å². The highest BCUT2D eigenvalue weighted by molar-refractivity contribution is 5.66. The summed E-state index contributed by atoms with van der Waals surface area (Å²) in [6.45, 7) is 3.20. The van der Waals surface area contributed by atoms with E-state index < -0.39 is 11.9 Å². The fourth-order valence-electron chi connectivity index (χ4n) is 0.679. The van der Waals surface area contributed by atoms with Crippen LogP contribution < -0.4 is 4.74 Å². The molecule has 2 aliphatic heterocycles. The Labute approximate surface area is 99.7 Å². The largest absolute Gasteiger partial charge is 0.481 e. The predicted molar refractivity (Wildman–Crippen MR) is 62.4 cm³/mol. The van der Waals surface area contributed by atoms with E-state index in [0.717, 1.165) is 11.5 Å². The molecule has 5 nitrogen and oxygen atoms in total. The van der Waals surface area contributed by atoms with E-state index in [2.05, 4.69) is 0 Å². The number of carboxylic acid groups (broad SMARTS) is 2. The van der Waals surface area contributed by atoms with Crippen molar-refractivity contribution in [3.8, 4) is 11.5 Å². The van der Waals surface area contributed by atoms with Crippen LogP contribution in [0.4, 0.5) is 0 Å². The van der Waals surface area contributed by atoms with Gasteiger partial charge in [-0.2, -0.15) is 0 Å². The standard InChI is InChI=1S/C6H4O.2C3H6O2/c1-2-5-4-6(3-1)7-5;2*1-2-3(4)5/h1-4H;2*2H2,1H3,(H,4,5). The molecule has 5 heteroatoms. The molecule has 3 rings (SSSR count). The van der Waals surface area contributed by atoms with Crippen molar-refractivity contribution in [2.24, 2.45) is 0 Å². The van der Waals surface area contributed by atoms with Gasteiger partial charge >= 0.3 is 11.9 Å². The highest BCUT2D eigenvalue weighted by Crippen LogP contribution is 2.32. The zero-order valence-electron chi connectivity index (χ0n) is 9.84. The van der Waals surface area contributed by atoms with Gasteiger partial charge in [0, 0.05) is 18.9 Å². The molecular weight excluding hydrogens is 224 g/mol. The molecule has 0 fully saturated rings. The van der Waals surface area contributed by atoms with Gasteiger partial charge in [-0.15, -0.1) is 0 Å². The molecule has 2 aliphatic rings. The van der Waals surface area contributed by atoms with Crippen LogP contribution in [0.25, 0.3) is 0 Å². The molecule has 0 atom stereocenters. The van der Waals surface area contributed by atoms with Gasteiger partial charge in [0.1, 0.15) is 11.5 Å². The lowest BCUT2D eigenvalue weighted by Gasteiger charge is -2.13. The Morgan fingerprint density at radius 2 is 1.35 bits per heavy atom. The summed E-state index contributed by atoms with van der Waals surface area (Å²) < 4.78 is 5.01. The Kier molecular flexibility index (Phi) is 7.17.